The van der Waals surface area contributed by atoms with Gasteiger partial charge in [-0.15, -0.1) is 0 Å². The van der Waals surface area contributed by atoms with Crippen LogP contribution < -0.4 is 11.1 Å². The van der Waals surface area contributed by atoms with Crippen LogP contribution >= 0.6 is 0 Å². The second-order valence-corrected chi connectivity index (χ2v) is 6.89. The second kappa shape index (κ2) is 8.29. The average Bonchev–Trinajstić information content (AvgIpc) is 2.57. The zero-order valence-corrected chi connectivity index (χ0v) is 15.0. The Labute approximate surface area is 144 Å². The Balaban J connectivity index is 2.03. The molecule has 2 rings (SSSR count). The summed E-state index contributed by atoms with van der Waals surface area (Å²) in [5.41, 5.74) is 8.11. The number of likely N-dealkylation sites (tertiary alicyclic amines) is 1. The molecule has 3 N–H and O–H groups in total. The van der Waals surface area contributed by atoms with Gasteiger partial charge in [-0.05, 0) is 55.9 Å². The van der Waals surface area contributed by atoms with Crippen LogP contribution in [0.4, 0.5) is 5.69 Å². The number of anilines is 1. The molecule has 1 aliphatic heterocycles. The highest BCUT2D eigenvalue weighted by atomic mass is 16.2. The summed E-state index contributed by atoms with van der Waals surface area (Å²) in [6, 6.07) is 4.94. The quantitative estimate of drug-likeness (QED) is 0.871. The third kappa shape index (κ3) is 4.57. The van der Waals surface area contributed by atoms with E-state index in [0.29, 0.717) is 17.9 Å². The van der Waals surface area contributed by atoms with E-state index < -0.39 is 6.04 Å². The third-order valence-electron chi connectivity index (χ3n) is 4.74. The van der Waals surface area contributed by atoms with Crippen LogP contribution in [0.3, 0.4) is 0 Å². The first kappa shape index (κ1) is 18.5. The highest BCUT2D eigenvalue weighted by Gasteiger charge is 2.22. The van der Waals surface area contributed by atoms with Gasteiger partial charge in [-0.2, -0.15) is 0 Å². The number of nitrogens with one attached hydrogen (secondary N) is 1. The van der Waals surface area contributed by atoms with E-state index in [2.05, 4.69) is 12.2 Å². The molecule has 0 aromatic heterocycles. The zero-order chi connectivity index (χ0) is 17.7. The topological polar surface area (TPSA) is 75.4 Å². The van der Waals surface area contributed by atoms with E-state index >= 15 is 0 Å². The molecule has 1 heterocycles. The van der Waals surface area contributed by atoms with E-state index in [4.69, 9.17) is 5.73 Å². The van der Waals surface area contributed by atoms with Crippen LogP contribution in [0, 0.1) is 12.8 Å². The molecule has 132 valence electrons. The molecule has 0 radical (unpaired) electrons. The van der Waals surface area contributed by atoms with Gasteiger partial charge in [-0.3, -0.25) is 9.59 Å². The van der Waals surface area contributed by atoms with Gasteiger partial charge in [0.2, 0.25) is 5.91 Å². The van der Waals surface area contributed by atoms with Crippen molar-refractivity contribution in [1.82, 2.24) is 4.90 Å². The predicted molar refractivity (Wildman–Crippen MR) is 97.0 cm³/mol. The lowest BCUT2D eigenvalue weighted by atomic mass is 9.98. The van der Waals surface area contributed by atoms with Crippen LogP contribution in [0.15, 0.2) is 18.2 Å². The Morgan fingerprint density at radius 3 is 2.58 bits per heavy atom. The smallest absolute Gasteiger partial charge is 0.253 e. The summed E-state index contributed by atoms with van der Waals surface area (Å²) in [7, 11) is 0. The van der Waals surface area contributed by atoms with E-state index in [9.17, 15) is 9.59 Å². The molecule has 24 heavy (non-hydrogen) atoms. The number of rotatable bonds is 5. The zero-order valence-electron chi connectivity index (χ0n) is 15.0. The molecule has 1 aromatic rings. The lowest BCUT2D eigenvalue weighted by molar-refractivity contribution is -0.117. The Bertz CT molecular complexity index is 592. The van der Waals surface area contributed by atoms with Crippen molar-refractivity contribution in [1.29, 1.82) is 0 Å². The van der Waals surface area contributed by atoms with E-state index in [1.807, 2.05) is 24.8 Å². The first-order valence-electron chi connectivity index (χ1n) is 8.88. The number of piperidine rings is 1. The number of aryl methyl sites for hydroxylation is 1. The summed E-state index contributed by atoms with van der Waals surface area (Å²) in [5.74, 6) is 0.593. The average molecular weight is 331 g/mol. The largest absolute Gasteiger partial charge is 0.339 e. The monoisotopic (exact) mass is 331 g/mol. The standard InChI is InChI=1S/C19H29N3O2/c1-4-5-16(20)18(23)21-17-7-6-15(12-14(17)3)19(24)22-10-8-13(2)9-11-22/h6-7,12-13,16H,4-5,8-11,20H2,1-3H3,(H,21,23). The van der Waals surface area contributed by atoms with Gasteiger partial charge in [0.25, 0.3) is 5.91 Å². The summed E-state index contributed by atoms with van der Waals surface area (Å²) in [5, 5.41) is 2.86. The molecular weight excluding hydrogens is 302 g/mol. The first-order chi connectivity index (χ1) is 11.4. The van der Waals surface area contributed by atoms with Crippen molar-refractivity contribution < 1.29 is 9.59 Å². The van der Waals surface area contributed by atoms with Gasteiger partial charge in [-0.1, -0.05) is 20.3 Å². The maximum Gasteiger partial charge on any atom is 0.253 e. The molecule has 5 nitrogen and oxygen atoms in total. The summed E-state index contributed by atoms with van der Waals surface area (Å²) in [6.45, 7) is 7.77. The molecule has 1 atom stereocenters. The number of hydrogen-bond donors (Lipinski definition) is 2. The number of benzene rings is 1. The number of nitrogens with zero attached hydrogens (tertiary/aromatic N) is 1. The molecule has 0 bridgehead atoms. The molecule has 0 saturated carbocycles. The second-order valence-electron chi connectivity index (χ2n) is 6.89. The Kier molecular flexibility index (Phi) is 6.37. The highest BCUT2D eigenvalue weighted by Crippen LogP contribution is 2.21. The van der Waals surface area contributed by atoms with E-state index in [1.54, 1.807) is 12.1 Å². The van der Waals surface area contributed by atoms with Crippen LogP contribution in [-0.2, 0) is 4.79 Å². The van der Waals surface area contributed by atoms with Crippen molar-refractivity contribution in [3.05, 3.63) is 29.3 Å². The predicted octanol–water partition coefficient (Wildman–Crippen LogP) is 2.93. The number of hydrogen-bond acceptors (Lipinski definition) is 3. The molecule has 5 heteroatoms. The fourth-order valence-electron chi connectivity index (χ4n) is 3.00. The van der Waals surface area contributed by atoms with Crippen molar-refractivity contribution in [3.63, 3.8) is 0 Å². The van der Waals surface area contributed by atoms with Gasteiger partial charge in [-0.25, -0.2) is 0 Å². The fraction of sp³-hybridized carbons (Fsp3) is 0.579. The highest BCUT2D eigenvalue weighted by molar-refractivity contribution is 5.98. The Morgan fingerprint density at radius 2 is 2.00 bits per heavy atom. The van der Waals surface area contributed by atoms with Crippen molar-refractivity contribution in [2.24, 2.45) is 11.7 Å². The third-order valence-corrected chi connectivity index (χ3v) is 4.74. The van der Waals surface area contributed by atoms with Gasteiger partial charge in [0.05, 0.1) is 6.04 Å². The normalized spacial score (nSPS) is 16.8. The van der Waals surface area contributed by atoms with Crippen LogP contribution in [-0.4, -0.2) is 35.8 Å². The van der Waals surface area contributed by atoms with E-state index in [-0.39, 0.29) is 11.8 Å². The van der Waals surface area contributed by atoms with Crippen molar-refractivity contribution in [2.75, 3.05) is 18.4 Å². The van der Waals surface area contributed by atoms with Crippen molar-refractivity contribution >= 4 is 17.5 Å². The van der Waals surface area contributed by atoms with E-state index in [0.717, 1.165) is 43.6 Å². The van der Waals surface area contributed by atoms with Crippen molar-refractivity contribution in [3.8, 4) is 0 Å². The minimum atomic E-state index is -0.494. The molecule has 1 fully saturated rings. The lowest BCUT2D eigenvalue weighted by Crippen LogP contribution is -2.38. The van der Waals surface area contributed by atoms with Crippen molar-refractivity contribution in [2.45, 2.75) is 52.5 Å². The van der Waals surface area contributed by atoms with Crippen LogP contribution in [0.2, 0.25) is 0 Å². The maximum absolute atomic E-state index is 12.6. The van der Waals surface area contributed by atoms with Crippen LogP contribution in [0.25, 0.3) is 0 Å². The summed E-state index contributed by atoms with van der Waals surface area (Å²) in [6.07, 6.45) is 3.66. The Morgan fingerprint density at radius 1 is 1.33 bits per heavy atom. The SMILES string of the molecule is CCCC(N)C(=O)Nc1ccc(C(=O)N2CCC(C)CC2)cc1C. The molecule has 0 spiro atoms. The number of amides is 2. The van der Waals surface area contributed by atoms with Gasteiger partial charge < -0.3 is 16.0 Å². The molecule has 1 saturated heterocycles. The van der Waals surface area contributed by atoms with E-state index in [1.165, 1.54) is 0 Å². The maximum atomic E-state index is 12.6. The lowest BCUT2D eigenvalue weighted by Gasteiger charge is -2.30. The molecule has 2 amide bonds. The molecular formula is C19H29N3O2. The summed E-state index contributed by atoms with van der Waals surface area (Å²) >= 11 is 0. The molecule has 0 aliphatic carbocycles. The molecule has 1 aliphatic rings. The van der Waals surface area contributed by atoms with Crippen LogP contribution in [0.5, 0.6) is 0 Å². The Hall–Kier alpha value is -1.88. The first-order valence-corrected chi connectivity index (χ1v) is 8.88. The van der Waals surface area contributed by atoms with Gasteiger partial charge in [0, 0.05) is 24.3 Å². The minimum absolute atomic E-state index is 0.0746. The molecule has 1 aromatic carbocycles. The summed E-state index contributed by atoms with van der Waals surface area (Å²) in [4.78, 5) is 26.6. The number of nitrogens with two attached hydrogens (primary N) is 1. The van der Waals surface area contributed by atoms with Gasteiger partial charge in [0.1, 0.15) is 0 Å². The van der Waals surface area contributed by atoms with Gasteiger partial charge in [0.15, 0.2) is 0 Å². The minimum Gasteiger partial charge on any atom is -0.339 e. The van der Waals surface area contributed by atoms with Gasteiger partial charge >= 0.3 is 0 Å². The number of carbonyl (C=O) groups excluding carboxylic acids is 2. The van der Waals surface area contributed by atoms with Crippen LogP contribution in [0.1, 0.15) is 55.5 Å². The fourth-order valence-corrected chi connectivity index (χ4v) is 3.00. The molecule has 1 unspecified atom stereocenters. The summed E-state index contributed by atoms with van der Waals surface area (Å²) < 4.78 is 0. The number of carbonyl (C=O) groups is 2.